The number of nitrogens with one attached hydrogen (secondary N) is 1. The van der Waals surface area contributed by atoms with Crippen LogP contribution in [0, 0.1) is 5.82 Å². The summed E-state index contributed by atoms with van der Waals surface area (Å²) in [6, 6.07) is 10.9. The summed E-state index contributed by atoms with van der Waals surface area (Å²) >= 11 is 0. The summed E-state index contributed by atoms with van der Waals surface area (Å²) in [6.07, 6.45) is 0. The molecule has 0 radical (unpaired) electrons. The molecule has 1 N–H and O–H groups in total. The number of carbonyl (C=O) groups is 1. The first-order valence-corrected chi connectivity index (χ1v) is 6.99. The minimum absolute atomic E-state index is 0.155. The molecule has 0 unspecified atom stereocenters. The fourth-order valence-corrected chi connectivity index (χ4v) is 2.02. The molecule has 0 bridgehead atoms. The van der Waals surface area contributed by atoms with Crippen molar-refractivity contribution in [3.05, 3.63) is 53.8 Å². The highest BCUT2D eigenvalue weighted by Crippen LogP contribution is 2.30. The maximum atomic E-state index is 12.8. The fraction of sp³-hybridized carbons (Fsp3) is 0.235. The van der Waals surface area contributed by atoms with E-state index in [1.165, 1.54) is 24.3 Å². The molecule has 0 fully saturated rings. The normalized spacial score (nSPS) is 10.0. The highest BCUT2D eigenvalue weighted by Gasteiger charge is 2.10. The van der Waals surface area contributed by atoms with Crippen molar-refractivity contribution in [1.82, 2.24) is 5.32 Å². The molecule has 0 aromatic heterocycles. The van der Waals surface area contributed by atoms with Gasteiger partial charge in [-0.15, -0.1) is 0 Å². The quantitative estimate of drug-likeness (QED) is 0.852. The summed E-state index contributed by atoms with van der Waals surface area (Å²) in [7, 11) is 3.09. The molecule has 0 atom stereocenters. The van der Waals surface area contributed by atoms with E-state index in [-0.39, 0.29) is 24.9 Å². The van der Waals surface area contributed by atoms with Gasteiger partial charge in [0, 0.05) is 12.1 Å². The lowest BCUT2D eigenvalue weighted by molar-refractivity contribution is -0.123. The average Bonchev–Trinajstić information content (AvgIpc) is 2.58. The Kier molecular flexibility index (Phi) is 5.80. The Labute approximate surface area is 134 Å². The van der Waals surface area contributed by atoms with Gasteiger partial charge in [0.05, 0.1) is 14.2 Å². The number of benzene rings is 2. The van der Waals surface area contributed by atoms with E-state index >= 15 is 0 Å². The Bertz CT molecular complexity index is 658. The number of halogens is 1. The molecular formula is C17H18FNO4. The molecule has 5 nitrogen and oxygen atoms in total. The summed E-state index contributed by atoms with van der Waals surface area (Å²) in [4.78, 5) is 11.8. The van der Waals surface area contributed by atoms with Gasteiger partial charge in [0.1, 0.15) is 11.6 Å². The number of ether oxygens (including phenoxy) is 3. The molecule has 2 aromatic rings. The van der Waals surface area contributed by atoms with Gasteiger partial charge in [-0.2, -0.15) is 0 Å². The second kappa shape index (κ2) is 8.03. The number of hydrogen-bond donors (Lipinski definition) is 1. The van der Waals surface area contributed by atoms with Crippen molar-refractivity contribution < 1.29 is 23.4 Å². The standard InChI is InChI=1S/C17H18FNO4/c1-21-15-5-3-4-12(17(15)22-2)10-19-16(20)11-23-14-8-6-13(18)7-9-14/h3-9H,10-11H2,1-2H3,(H,19,20). The first-order valence-electron chi connectivity index (χ1n) is 6.99. The van der Waals surface area contributed by atoms with Crippen molar-refractivity contribution in [3.63, 3.8) is 0 Å². The summed E-state index contributed by atoms with van der Waals surface area (Å²) in [5, 5.41) is 2.73. The third-order valence-corrected chi connectivity index (χ3v) is 3.14. The molecule has 0 aliphatic rings. The zero-order valence-electron chi connectivity index (χ0n) is 13.0. The van der Waals surface area contributed by atoms with E-state index in [9.17, 15) is 9.18 Å². The molecule has 122 valence electrons. The largest absolute Gasteiger partial charge is 0.493 e. The van der Waals surface area contributed by atoms with Gasteiger partial charge in [0.2, 0.25) is 0 Å². The van der Waals surface area contributed by atoms with Gasteiger partial charge >= 0.3 is 0 Å². The van der Waals surface area contributed by atoms with Gasteiger partial charge in [-0.05, 0) is 30.3 Å². The summed E-state index contributed by atoms with van der Waals surface area (Å²) < 4.78 is 28.6. The molecule has 0 aliphatic carbocycles. The molecule has 23 heavy (non-hydrogen) atoms. The third kappa shape index (κ3) is 4.60. The Morgan fingerprint density at radius 1 is 1.09 bits per heavy atom. The third-order valence-electron chi connectivity index (χ3n) is 3.14. The number of para-hydroxylation sites is 1. The van der Waals surface area contributed by atoms with Gasteiger partial charge in [0.15, 0.2) is 18.1 Å². The Morgan fingerprint density at radius 3 is 2.48 bits per heavy atom. The van der Waals surface area contributed by atoms with E-state index in [0.717, 1.165) is 5.56 Å². The minimum Gasteiger partial charge on any atom is -0.493 e. The molecule has 0 spiro atoms. The molecular weight excluding hydrogens is 301 g/mol. The molecule has 0 aliphatic heterocycles. The lowest BCUT2D eigenvalue weighted by Crippen LogP contribution is -2.28. The van der Waals surface area contributed by atoms with Crippen molar-refractivity contribution in [2.24, 2.45) is 0 Å². The number of carbonyl (C=O) groups excluding carboxylic acids is 1. The van der Waals surface area contributed by atoms with Crippen LogP contribution in [0.2, 0.25) is 0 Å². The van der Waals surface area contributed by atoms with E-state index < -0.39 is 0 Å². The molecule has 0 saturated carbocycles. The van der Waals surface area contributed by atoms with E-state index in [1.54, 1.807) is 20.3 Å². The molecule has 2 rings (SSSR count). The molecule has 6 heteroatoms. The Balaban J connectivity index is 1.88. The van der Waals surface area contributed by atoms with Crippen LogP contribution < -0.4 is 19.5 Å². The summed E-state index contributed by atoms with van der Waals surface area (Å²) in [5.41, 5.74) is 0.794. The zero-order valence-corrected chi connectivity index (χ0v) is 13.0. The first kappa shape index (κ1) is 16.6. The van der Waals surface area contributed by atoms with E-state index in [1.807, 2.05) is 12.1 Å². The lowest BCUT2D eigenvalue weighted by atomic mass is 10.2. The highest BCUT2D eigenvalue weighted by atomic mass is 19.1. The zero-order chi connectivity index (χ0) is 16.7. The predicted molar refractivity (Wildman–Crippen MR) is 83.3 cm³/mol. The number of hydrogen-bond acceptors (Lipinski definition) is 4. The van der Waals surface area contributed by atoms with Crippen LogP contribution in [0.15, 0.2) is 42.5 Å². The maximum absolute atomic E-state index is 12.8. The van der Waals surface area contributed by atoms with Gasteiger partial charge in [-0.3, -0.25) is 4.79 Å². The minimum atomic E-state index is -0.355. The van der Waals surface area contributed by atoms with Crippen LogP contribution in [-0.4, -0.2) is 26.7 Å². The summed E-state index contributed by atoms with van der Waals surface area (Å²) in [6.45, 7) is 0.129. The molecule has 1 amide bonds. The maximum Gasteiger partial charge on any atom is 0.258 e. The van der Waals surface area contributed by atoms with Crippen LogP contribution in [0.5, 0.6) is 17.2 Å². The highest BCUT2D eigenvalue weighted by molar-refractivity contribution is 5.77. The van der Waals surface area contributed by atoms with Crippen molar-refractivity contribution >= 4 is 5.91 Å². The number of rotatable bonds is 7. The van der Waals surface area contributed by atoms with Gasteiger partial charge in [0.25, 0.3) is 5.91 Å². The van der Waals surface area contributed by atoms with Crippen LogP contribution >= 0.6 is 0 Å². The second-order valence-corrected chi connectivity index (χ2v) is 4.67. The van der Waals surface area contributed by atoms with Crippen LogP contribution in [0.4, 0.5) is 4.39 Å². The monoisotopic (exact) mass is 319 g/mol. The Hall–Kier alpha value is -2.76. The first-order chi connectivity index (χ1) is 11.1. The van der Waals surface area contributed by atoms with Crippen LogP contribution in [0.1, 0.15) is 5.56 Å². The van der Waals surface area contributed by atoms with Crippen molar-refractivity contribution in [2.75, 3.05) is 20.8 Å². The van der Waals surface area contributed by atoms with Crippen LogP contribution in [0.25, 0.3) is 0 Å². The number of amides is 1. The van der Waals surface area contributed by atoms with E-state index in [0.29, 0.717) is 17.2 Å². The second-order valence-electron chi connectivity index (χ2n) is 4.67. The van der Waals surface area contributed by atoms with Crippen LogP contribution in [-0.2, 0) is 11.3 Å². The van der Waals surface area contributed by atoms with Gasteiger partial charge in [-0.1, -0.05) is 12.1 Å². The lowest BCUT2D eigenvalue weighted by Gasteiger charge is -2.13. The smallest absolute Gasteiger partial charge is 0.258 e. The van der Waals surface area contributed by atoms with Gasteiger partial charge < -0.3 is 19.5 Å². The molecule has 0 saturated heterocycles. The van der Waals surface area contributed by atoms with Gasteiger partial charge in [-0.25, -0.2) is 4.39 Å². The van der Waals surface area contributed by atoms with Crippen molar-refractivity contribution in [3.8, 4) is 17.2 Å². The molecule has 0 heterocycles. The predicted octanol–water partition coefficient (Wildman–Crippen LogP) is 2.54. The van der Waals surface area contributed by atoms with E-state index in [2.05, 4.69) is 5.32 Å². The summed E-state index contributed by atoms with van der Waals surface area (Å²) in [5.74, 6) is 0.961. The SMILES string of the molecule is COc1cccc(CNC(=O)COc2ccc(F)cc2)c1OC. The van der Waals surface area contributed by atoms with Crippen LogP contribution in [0.3, 0.4) is 0 Å². The van der Waals surface area contributed by atoms with E-state index in [4.69, 9.17) is 14.2 Å². The van der Waals surface area contributed by atoms with Crippen molar-refractivity contribution in [2.45, 2.75) is 6.54 Å². The molecule has 2 aromatic carbocycles. The average molecular weight is 319 g/mol. The van der Waals surface area contributed by atoms with Crippen molar-refractivity contribution in [1.29, 1.82) is 0 Å². The topological polar surface area (TPSA) is 56.8 Å². The fourth-order valence-electron chi connectivity index (χ4n) is 2.02. The Morgan fingerprint density at radius 2 is 1.83 bits per heavy atom. The number of methoxy groups -OCH3 is 2.